The molecule has 6 heteroatoms. The maximum absolute atomic E-state index is 12.5. The van der Waals surface area contributed by atoms with Crippen LogP contribution in [0.15, 0.2) is 34.3 Å². The summed E-state index contributed by atoms with van der Waals surface area (Å²) in [6, 6.07) is 5.35. The Labute approximate surface area is 117 Å². The molecule has 0 spiro atoms. The van der Waals surface area contributed by atoms with E-state index in [9.17, 15) is 13.2 Å². The van der Waals surface area contributed by atoms with Gasteiger partial charge in [-0.2, -0.15) is 13.2 Å². The number of hydrogen-bond donors (Lipinski definition) is 1. The van der Waals surface area contributed by atoms with E-state index >= 15 is 0 Å². The molecule has 0 unspecified atom stereocenters. The number of aliphatic hydroxyl groups excluding tert-OH is 1. The lowest BCUT2D eigenvalue weighted by Gasteiger charge is -2.30. The third-order valence-corrected chi connectivity index (χ3v) is 3.74. The number of anilines is 1. The average molecular weight is 336 g/mol. The first kappa shape index (κ1) is 14.4. The van der Waals surface area contributed by atoms with Gasteiger partial charge in [0.25, 0.3) is 0 Å². The molecule has 2 nitrogen and oxygen atoms in total. The van der Waals surface area contributed by atoms with Crippen LogP contribution in [-0.4, -0.2) is 24.4 Å². The zero-order chi connectivity index (χ0) is 14.0. The Morgan fingerprint density at radius 3 is 2.53 bits per heavy atom. The molecule has 0 saturated heterocycles. The molecule has 0 bridgehead atoms. The number of aliphatic hydroxyl groups is 1. The molecule has 1 aliphatic heterocycles. The van der Waals surface area contributed by atoms with Crippen molar-refractivity contribution in [2.24, 2.45) is 0 Å². The van der Waals surface area contributed by atoms with E-state index in [1.807, 2.05) is 11.0 Å². The van der Waals surface area contributed by atoms with E-state index in [1.54, 1.807) is 12.1 Å². The Morgan fingerprint density at radius 1 is 1.32 bits per heavy atom. The Kier molecular flexibility index (Phi) is 4.20. The minimum absolute atomic E-state index is 0.00229. The van der Waals surface area contributed by atoms with Crippen LogP contribution in [0, 0.1) is 0 Å². The summed E-state index contributed by atoms with van der Waals surface area (Å²) in [6.07, 6.45) is -2.99. The van der Waals surface area contributed by atoms with Crippen LogP contribution in [0.1, 0.15) is 12.0 Å². The van der Waals surface area contributed by atoms with Crippen LogP contribution in [0.5, 0.6) is 0 Å². The molecular weight excluding hydrogens is 323 g/mol. The molecule has 0 saturated carbocycles. The van der Waals surface area contributed by atoms with Gasteiger partial charge >= 0.3 is 6.18 Å². The van der Waals surface area contributed by atoms with Crippen molar-refractivity contribution in [2.75, 3.05) is 18.0 Å². The highest BCUT2D eigenvalue weighted by atomic mass is 79.9. The number of halogens is 4. The normalized spacial score (nSPS) is 16.5. The number of alkyl halides is 3. The summed E-state index contributed by atoms with van der Waals surface area (Å²) < 4.78 is 38.4. The first-order valence-corrected chi connectivity index (χ1v) is 6.61. The molecule has 1 aromatic carbocycles. The van der Waals surface area contributed by atoms with Gasteiger partial charge in [0.1, 0.15) is 0 Å². The molecule has 0 aliphatic carbocycles. The molecular formula is C13H13BrF3NO. The molecule has 0 atom stereocenters. The van der Waals surface area contributed by atoms with Gasteiger partial charge in [-0.15, -0.1) is 0 Å². The van der Waals surface area contributed by atoms with Gasteiger partial charge < -0.3 is 10.0 Å². The molecule has 1 aliphatic rings. The number of hydrogen-bond acceptors (Lipinski definition) is 2. The standard InChI is InChI=1S/C13H13BrF3NO/c14-11-7-9(8-19)1-2-12(11)18-5-3-10(4-6-18)13(15,16)17/h1-3,7,19H,4-6,8H2. The summed E-state index contributed by atoms with van der Waals surface area (Å²) in [5, 5.41) is 9.02. The highest BCUT2D eigenvalue weighted by Crippen LogP contribution is 2.34. The van der Waals surface area contributed by atoms with E-state index in [2.05, 4.69) is 15.9 Å². The topological polar surface area (TPSA) is 23.5 Å². The summed E-state index contributed by atoms with van der Waals surface area (Å²) in [5.74, 6) is 0. The fourth-order valence-electron chi connectivity index (χ4n) is 2.05. The monoisotopic (exact) mass is 335 g/mol. The number of nitrogens with zero attached hydrogens (tertiary/aromatic N) is 1. The molecule has 0 aromatic heterocycles. The molecule has 1 aromatic rings. The third kappa shape index (κ3) is 3.30. The van der Waals surface area contributed by atoms with Gasteiger partial charge in [0, 0.05) is 23.1 Å². The van der Waals surface area contributed by atoms with Gasteiger partial charge in [0.2, 0.25) is 0 Å². The summed E-state index contributed by atoms with van der Waals surface area (Å²) >= 11 is 3.38. The Hall–Kier alpha value is -1.01. The Morgan fingerprint density at radius 2 is 2.05 bits per heavy atom. The second-order valence-electron chi connectivity index (χ2n) is 4.37. The second kappa shape index (κ2) is 5.54. The van der Waals surface area contributed by atoms with Crippen LogP contribution in [0.4, 0.5) is 18.9 Å². The molecule has 19 heavy (non-hydrogen) atoms. The molecule has 0 amide bonds. The lowest BCUT2D eigenvalue weighted by molar-refractivity contribution is -0.0943. The average Bonchev–Trinajstić information content (AvgIpc) is 2.37. The van der Waals surface area contributed by atoms with Crippen molar-refractivity contribution in [1.82, 2.24) is 0 Å². The van der Waals surface area contributed by atoms with Crippen molar-refractivity contribution in [1.29, 1.82) is 0 Å². The zero-order valence-corrected chi connectivity index (χ0v) is 11.6. The fraction of sp³-hybridized carbons (Fsp3) is 0.385. The Bertz CT molecular complexity index is 499. The lowest BCUT2D eigenvalue weighted by Crippen LogP contribution is -2.32. The number of benzene rings is 1. The molecule has 104 valence electrons. The van der Waals surface area contributed by atoms with Crippen LogP contribution in [0.3, 0.4) is 0 Å². The van der Waals surface area contributed by atoms with Gasteiger partial charge in [-0.1, -0.05) is 12.1 Å². The van der Waals surface area contributed by atoms with E-state index in [1.165, 1.54) is 6.08 Å². The van der Waals surface area contributed by atoms with Crippen LogP contribution in [0.2, 0.25) is 0 Å². The van der Waals surface area contributed by atoms with Crippen molar-refractivity contribution in [2.45, 2.75) is 19.2 Å². The maximum Gasteiger partial charge on any atom is 0.412 e. The predicted molar refractivity (Wildman–Crippen MR) is 71.0 cm³/mol. The van der Waals surface area contributed by atoms with Crippen molar-refractivity contribution in [3.63, 3.8) is 0 Å². The van der Waals surface area contributed by atoms with Crippen LogP contribution in [-0.2, 0) is 6.61 Å². The smallest absolute Gasteiger partial charge is 0.392 e. The number of rotatable bonds is 2. The van der Waals surface area contributed by atoms with Crippen molar-refractivity contribution in [3.05, 3.63) is 39.9 Å². The quantitative estimate of drug-likeness (QED) is 0.834. The zero-order valence-electron chi connectivity index (χ0n) is 10.0. The molecule has 0 radical (unpaired) electrons. The lowest BCUT2D eigenvalue weighted by atomic mass is 10.1. The Balaban J connectivity index is 2.16. The molecule has 1 N–H and O–H groups in total. The van der Waals surface area contributed by atoms with E-state index < -0.39 is 11.7 Å². The summed E-state index contributed by atoms with van der Waals surface area (Å²) in [4.78, 5) is 1.88. The van der Waals surface area contributed by atoms with Gasteiger partial charge in [-0.3, -0.25) is 0 Å². The summed E-state index contributed by atoms with van der Waals surface area (Å²) in [6.45, 7) is 0.519. The van der Waals surface area contributed by atoms with Crippen LogP contribution < -0.4 is 4.90 Å². The minimum atomic E-state index is -4.22. The molecule has 2 rings (SSSR count). The maximum atomic E-state index is 12.5. The molecule has 0 fully saturated rings. The van der Waals surface area contributed by atoms with Gasteiger partial charge in [-0.05, 0) is 40.0 Å². The highest BCUT2D eigenvalue weighted by Gasteiger charge is 2.34. The first-order valence-electron chi connectivity index (χ1n) is 5.82. The summed E-state index contributed by atoms with van der Waals surface area (Å²) in [5.41, 5.74) is 1.15. The van der Waals surface area contributed by atoms with Gasteiger partial charge in [0.15, 0.2) is 0 Å². The van der Waals surface area contributed by atoms with Crippen molar-refractivity contribution in [3.8, 4) is 0 Å². The van der Waals surface area contributed by atoms with E-state index in [4.69, 9.17) is 5.11 Å². The van der Waals surface area contributed by atoms with E-state index in [-0.39, 0.29) is 19.6 Å². The van der Waals surface area contributed by atoms with Crippen LogP contribution >= 0.6 is 15.9 Å². The van der Waals surface area contributed by atoms with Crippen molar-refractivity contribution < 1.29 is 18.3 Å². The van der Waals surface area contributed by atoms with E-state index in [0.29, 0.717) is 6.54 Å². The largest absolute Gasteiger partial charge is 0.412 e. The van der Waals surface area contributed by atoms with Crippen molar-refractivity contribution >= 4 is 21.6 Å². The van der Waals surface area contributed by atoms with Gasteiger partial charge in [-0.25, -0.2) is 0 Å². The SMILES string of the molecule is OCc1ccc(N2CC=C(C(F)(F)F)CC2)c(Br)c1. The van der Waals surface area contributed by atoms with Crippen LogP contribution in [0.25, 0.3) is 0 Å². The van der Waals surface area contributed by atoms with Gasteiger partial charge in [0.05, 0.1) is 12.3 Å². The summed E-state index contributed by atoms with van der Waals surface area (Å²) in [7, 11) is 0. The predicted octanol–water partition coefficient (Wildman–Crippen LogP) is 3.64. The molecule has 1 heterocycles. The second-order valence-corrected chi connectivity index (χ2v) is 5.22. The fourth-order valence-corrected chi connectivity index (χ4v) is 2.73. The first-order chi connectivity index (χ1) is 8.91. The minimum Gasteiger partial charge on any atom is -0.392 e. The highest BCUT2D eigenvalue weighted by molar-refractivity contribution is 9.10. The third-order valence-electron chi connectivity index (χ3n) is 3.11. The van der Waals surface area contributed by atoms with E-state index in [0.717, 1.165) is 15.7 Å².